The van der Waals surface area contributed by atoms with Gasteiger partial charge in [-0.25, -0.2) is 4.39 Å². The number of nitrogen functional groups attached to an aromatic ring is 1. The van der Waals surface area contributed by atoms with Gasteiger partial charge in [0.1, 0.15) is 6.67 Å². The second-order valence-corrected chi connectivity index (χ2v) is 2.48. The molecule has 0 aliphatic heterocycles. The predicted octanol–water partition coefficient (Wildman–Crippen LogP) is 1.75. The van der Waals surface area contributed by atoms with Crippen LogP contribution in [-0.2, 0) is 11.3 Å². The Morgan fingerprint density at radius 2 is 1.92 bits per heavy atom. The molecule has 0 atom stereocenters. The maximum Gasteiger partial charge on any atom is 0.113 e. The largest absolute Gasteiger partial charge is 0.399 e. The molecule has 0 aromatic heterocycles. The smallest absolute Gasteiger partial charge is 0.113 e. The van der Waals surface area contributed by atoms with E-state index in [1.54, 1.807) is 12.1 Å². The van der Waals surface area contributed by atoms with Crippen LogP contribution in [0.25, 0.3) is 0 Å². The Morgan fingerprint density at radius 3 is 2.50 bits per heavy atom. The van der Waals surface area contributed by atoms with Gasteiger partial charge in [0.2, 0.25) is 0 Å². The van der Waals surface area contributed by atoms with Crippen LogP contribution >= 0.6 is 0 Å². The number of hydrogen-bond donors (Lipinski definition) is 1. The van der Waals surface area contributed by atoms with Crippen LogP contribution < -0.4 is 5.73 Å². The average molecular weight is 169 g/mol. The Kier molecular flexibility index (Phi) is 3.54. The van der Waals surface area contributed by atoms with Crippen molar-refractivity contribution in [2.24, 2.45) is 0 Å². The van der Waals surface area contributed by atoms with Gasteiger partial charge in [-0.3, -0.25) is 0 Å². The first kappa shape index (κ1) is 9.00. The summed E-state index contributed by atoms with van der Waals surface area (Å²) >= 11 is 0. The normalized spacial score (nSPS) is 10.1. The van der Waals surface area contributed by atoms with Crippen molar-refractivity contribution >= 4 is 5.69 Å². The summed E-state index contributed by atoms with van der Waals surface area (Å²) in [4.78, 5) is 0. The summed E-state index contributed by atoms with van der Waals surface area (Å²) in [5.41, 5.74) is 7.22. The first-order valence-corrected chi connectivity index (χ1v) is 3.81. The van der Waals surface area contributed by atoms with Crippen molar-refractivity contribution in [2.75, 3.05) is 19.0 Å². The Morgan fingerprint density at radius 1 is 1.25 bits per heavy atom. The molecule has 0 aliphatic rings. The van der Waals surface area contributed by atoms with E-state index in [0.29, 0.717) is 6.61 Å². The minimum atomic E-state index is -0.436. The van der Waals surface area contributed by atoms with Crippen LogP contribution in [0, 0.1) is 0 Å². The molecule has 0 aliphatic carbocycles. The predicted molar refractivity (Wildman–Crippen MR) is 46.5 cm³/mol. The van der Waals surface area contributed by atoms with Crippen LogP contribution in [0.3, 0.4) is 0 Å². The Hall–Kier alpha value is -1.09. The molecule has 2 nitrogen and oxygen atoms in total. The SMILES string of the molecule is Nc1ccc(COCCF)cc1. The summed E-state index contributed by atoms with van der Waals surface area (Å²) < 4.78 is 16.6. The summed E-state index contributed by atoms with van der Waals surface area (Å²) in [7, 11) is 0. The van der Waals surface area contributed by atoms with Gasteiger partial charge >= 0.3 is 0 Å². The third kappa shape index (κ3) is 2.88. The van der Waals surface area contributed by atoms with Crippen LogP contribution in [0.4, 0.5) is 10.1 Å². The third-order valence-electron chi connectivity index (χ3n) is 1.47. The molecular formula is C9H12FNO. The van der Waals surface area contributed by atoms with Gasteiger partial charge in [-0.2, -0.15) is 0 Å². The van der Waals surface area contributed by atoms with Crippen LogP contribution in [-0.4, -0.2) is 13.3 Å². The molecule has 3 heteroatoms. The molecule has 0 fully saturated rings. The summed E-state index contributed by atoms with van der Waals surface area (Å²) in [6.45, 7) is 0.170. The third-order valence-corrected chi connectivity index (χ3v) is 1.47. The van der Waals surface area contributed by atoms with Crippen LogP contribution in [0.2, 0.25) is 0 Å². The molecule has 0 bridgehead atoms. The molecule has 0 heterocycles. The van der Waals surface area contributed by atoms with Gasteiger partial charge in [-0.15, -0.1) is 0 Å². The molecule has 66 valence electrons. The fourth-order valence-corrected chi connectivity index (χ4v) is 0.858. The van der Waals surface area contributed by atoms with Crippen molar-refractivity contribution in [1.29, 1.82) is 0 Å². The molecule has 0 unspecified atom stereocenters. The summed E-state index contributed by atoms with van der Waals surface area (Å²) in [5, 5.41) is 0. The second kappa shape index (κ2) is 4.72. The lowest BCUT2D eigenvalue weighted by atomic mass is 10.2. The van der Waals surface area contributed by atoms with Gasteiger partial charge in [0, 0.05) is 5.69 Å². The fourth-order valence-electron chi connectivity index (χ4n) is 0.858. The highest BCUT2D eigenvalue weighted by Gasteiger charge is 1.91. The quantitative estimate of drug-likeness (QED) is 0.550. The van der Waals surface area contributed by atoms with E-state index in [4.69, 9.17) is 10.5 Å². The summed E-state index contributed by atoms with van der Waals surface area (Å²) in [6, 6.07) is 7.34. The molecule has 0 radical (unpaired) electrons. The highest BCUT2D eigenvalue weighted by atomic mass is 19.1. The molecule has 0 saturated carbocycles. The van der Waals surface area contributed by atoms with Gasteiger partial charge in [-0.05, 0) is 17.7 Å². The lowest BCUT2D eigenvalue weighted by Gasteiger charge is -2.01. The second-order valence-electron chi connectivity index (χ2n) is 2.48. The average Bonchev–Trinajstić information content (AvgIpc) is 2.09. The lowest BCUT2D eigenvalue weighted by Crippen LogP contribution is -1.96. The summed E-state index contributed by atoms with van der Waals surface area (Å²) in [6.07, 6.45) is 0. The standard InChI is InChI=1S/C9H12FNO/c10-5-6-12-7-8-1-3-9(11)4-2-8/h1-4H,5-7,11H2. The zero-order chi connectivity index (χ0) is 8.81. The molecule has 0 saturated heterocycles. The van der Waals surface area contributed by atoms with E-state index in [0.717, 1.165) is 11.3 Å². The van der Waals surface area contributed by atoms with Crippen molar-refractivity contribution in [2.45, 2.75) is 6.61 Å². The summed E-state index contributed by atoms with van der Waals surface area (Å²) in [5.74, 6) is 0. The fraction of sp³-hybridized carbons (Fsp3) is 0.333. The highest BCUT2D eigenvalue weighted by Crippen LogP contribution is 2.06. The lowest BCUT2D eigenvalue weighted by molar-refractivity contribution is 0.106. The molecular weight excluding hydrogens is 157 g/mol. The highest BCUT2D eigenvalue weighted by molar-refractivity contribution is 5.38. The van der Waals surface area contributed by atoms with Crippen LogP contribution in [0.1, 0.15) is 5.56 Å². The maximum atomic E-state index is 11.6. The molecule has 1 aromatic carbocycles. The minimum absolute atomic E-state index is 0.157. The number of nitrogens with two attached hydrogens (primary N) is 1. The molecule has 0 amide bonds. The first-order chi connectivity index (χ1) is 5.83. The molecule has 1 aromatic rings. The van der Waals surface area contributed by atoms with Crippen molar-refractivity contribution in [3.8, 4) is 0 Å². The topological polar surface area (TPSA) is 35.2 Å². The zero-order valence-corrected chi connectivity index (χ0v) is 6.79. The van der Waals surface area contributed by atoms with E-state index < -0.39 is 6.67 Å². The van der Waals surface area contributed by atoms with E-state index in [2.05, 4.69) is 0 Å². The van der Waals surface area contributed by atoms with Gasteiger partial charge in [0.05, 0.1) is 13.2 Å². The number of rotatable bonds is 4. The molecule has 0 spiro atoms. The van der Waals surface area contributed by atoms with Crippen LogP contribution in [0.15, 0.2) is 24.3 Å². The zero-order valence-electron chi connectivity index (χ0n) is 6.79. The Bertz CT molecular complexity index is 222. The van der Waals surface area contributed by atoms with E-state index in [-0.39, 0.29) is 6.61 Å². The number of halogens is 1. The molecule has 12 heavy (non-hydrogen) atoms. The van der Waals surface area contributed by atoms with Crippen molar-refractivity contribution in [3.05, 3.63) is 29.8 Å². The number of hydrogen-bond acceptors (Lipinski definition) is 2. The van der Waals surface area contributed by atoms with Crippen LogP contribution in [0.5, 0.6) is 0 Å². The Balaban J connectivity index is 2.37. The number of benzene rings is 1. The Labute approximate surface area is 71.1 Å². The van der Waals surface area contributed by atoms with Gasteiger partial charge in [0.15, 0.2) is 0 Å². The van der Waals surface area contributed by atoms with E-state index in [1.165, 1.54) is 0 Å². The number of anilines is 1. The van der Waals surface area contributed by atoms with Crippen molar-refractivity contribution in [1.82, 2.24) is 0 Å². The monoisotopic (exact) mass is 169 g/mol. The number of alkyl halides is 1. The number of ether oxygens (including phenoxy) is 1. The molecule has 1 rings (SSSR count). The van der Waals surface area contributed by atoms with Crippen molar-refractivity contribution in [3.63, 3.8) is 0 Å². The van der Waals surface area contributed by atoms with Gasteiger partial charge in [0.25, 0.3) is 0 Å². The van der Waals surface area contributed by atoms with E-state index >= 15 is 0 Å². The van der Waals surface area contributed by atoms with Crippen molar-refractivity contribution < 1.29 is 9.13 Å². The van der Waals surface area contributed by atoms with E-state index in [9.17, 15) is 4.39 Å². The molecule has 2 N–H and O–H groups in total. The maximum absolute atomic E-state index is 11.6. The van der Waals surface area contributed by atoms with Gasteiger partial charge in [-0.1, -0.05) is 12.1 Å². The van der Waals surface area contributed by atoms with E-state index in [1.807, 2.05) is 12.1 Å². The first-order valence-electron chi connectivity index (χ1n) is 3.81. The van der Waals surface area contributed by atoms with Gasteiger partial charge < -0.3 is 10.5 Å². The minimum Gasteiger partial charge on any atom is -0.399 e.